The Labute approximate surface area is 228 Å². The third kappa shape index (κ3) is 7.04. The molecule has 2 heterocycles. The minimum absolute atomic E-state index is 0.226. The van der Waals surface area contributed by atoms with E-state index in [1.807, 2.05) is 58.9 Å². The van der Waals surface area contributed by atoms with Crippen LogP contribution >= 0.6 is 0 Å². The molecule has 10 heteroatoms. The Kier molecular flexibility index (Phi) is 8.33. The van der Waals surface area contributed by atoms with Crippen LogP contribution in [0.4, 0.5) is 5.69 Å². The lowest BCUT2D eigenvalue weighted by molar-refractivity contribution is -0.128. The van der Waals surface area contributed by atoms with Gasteiger partial charge in [-0.1, -0.05) is 29.8 Å². The maximum Gasteiger partial charge on any atom is 0.251 e. The smallest absolute Gasteiger partial charge is 0.251 e. The van der Waals surface area contributed by atoms with Crippen molar-refractivity contribution < 1.29 is 14.3 Å². The van der Waals surface area contributed by atoms with Crippen molar-refractivity contribution >= 4 is 17.5 Å². The number of tetrazole rings is 1. The number of nitrogens with zero attached hydrogens (tertiary/aromatic N) is 6. The minimum atomic E-state index is -0.974. The van der Waals surface area contributed by atoms with Gasteiger partial charge in [-0.15, -0.1) is 10.2 Å². The molecule has 0 saturated carbocycles. The molecular weight excluding hydrogens is 494 g/mol. The highest BCUT2D eigenvalue weighted by Gasteiger charge is 2.35. The molecule has 4 aromatic rings. The van der Waals surface area contributed by atoms with E-state index in [-0.39, 0.29) is 12.5 Å². The summed E-state index contributed by atoms with van der Waals surface area (Å²) in [6, 6.07) is 17.3. The SMILES string of the molecule is CCOc1ccc(N(C(=O)Cn2nnc(-c3ccc(C)cc3)n2)[C@H](C(=O)NC(C)(C)C)c2ccncc2)cc1. The first-order valence-corrected chi connectivity index (χ1v) is 12.8. The number of carbonyl (C=O) groups is 2. The normalized spacial score (nSPS) is 12.0. The lowest BCUT2D eigenvalue weighted by Gasteiger charge is -2.33. The average Bonchev–Trinajstić information content (AvgIpc) is 3.36. The molecule has 0 aliphatic rings. The van der Waals surface area contributed by atoms with Crippen molar-refractivity contribution in [3.8, 4) is 17.1 Å². The Morgan fingerprint density at radius 3 is 2.28 bits per heavy atom. The van der Waals surface area contributed by atoms with E-state index in [2.05, 4.69) is 25.7 Å². The molecule has 0 aliphatic carbocycles. The Balaban J connectivity index is 1.72. The van der Waals surface area contributed by atoms with Gasteiger partial charge in [0, 0.05) is 29.2 Å². The van der Waals surface area contributed by atoms with Crippen LogP contribution in [0.15, 0.2) is 73.1 Å². The van der Waals surface area contributed by atoms with Gasteiger partial charge in [0.15, 0.2) is 0 Å². The van der Waals surface area contributed by atoms with Crippen LogP contribution < -0.4 is 15.0 Å². The van der Waals surface area contributed by atoms with Crippen molar-refractivity contribution in [2.75, 3.05) is 11.5 Å². The third-order valence-corrected chi connectivity index (χ3v) is 5.76. The second kappa shape index (κ2) is 11.8. The number of hydrogen-bond donors (Lipinski definition) is 1. The second-order valence-corrected chi connectivity index (χ2v) is 10.1. The first-order chi connectivity index (χ1) is 18.6. The van der Waals surface area contributed by atoms with Crippen molar-refractivity contribution in [1.82, 2.24) is 30.5 Å². The standard InChI is InChI=1S/C29H33N7O3/c1-6-39-24-13-11-23(12-14-24)36(26(21-15-17-30-18-16-21)28(38)31-29(3,4)5)25(37)19-35-33-27(32-34-35)22-9-7-20(2)8-10-22/h7-18,26H,6,19H2,1-5H3,(H,31,38)/t26-/m0/s1. The summed E-state index contributed by atoms with van der Waals surface area (Å²) in [4.78, 5) is 34.5. The zero-order chi connectivity index (χ0) is 28.0. The number of benzene rings is 2. The number of amides is 2. The van der Waals surface area contributed by atoms with Gasteiger partial charge in [0.25, 0.3) is 5.91 Å². The van der Waals surface area contributed by atoms with Gasteiger partial charge in [0.2, 0.25) is 11.7 Å². The molecule has 4 rings (SSSR count). The van der Waals surface area contributed by atoms with Crippen molar-refractivity contribution in [3.63, 3.8) is 0 Å². The lowest BCUT2D eigenvalue weighted by atomic mass is 10.0. The number of pyridine rings is 1. The van der Waals surface area contributed by atoms with E-state index in [0.29, 0.717) is 29.4 Å². The minimum Gasteiger partial charge on any atom is -0.494 e. The first-order valence-electron chi connectivity index (χ1n) is 12.8. The van der Waals surface area contributed by atoms with Crippen LogP contribution in [-0.2, 0) is 16.1 Å². The molecule has 1 atom stereocenters. The van der Waals surface area contributed by atoms with Crippen LogP contribution in [0.3, 0.4) is 0 Å². The van der Waals surface area contributed by atoms with Crippen LogP contribution in [0.2, 0.25) is 0 Å². The molecule has 0 fully saturated rings. The van der Waals surface area contributed by atoms with E-state index in [1.54, 1.807) is 48.8 Å². The number of aryl methyl sites for hydroxylation is 1. The zero-order valence-corrected chi connectivity index (χ0v) is 22.8. The number of rotatable bonds is 9. The van der Waals surface area contributed by atoms with Crippen LogP contribution in [-0.4, -0.2) is 49.2 Å². The van der Waals surface area contributed by atoms with Crippen LogP contribution in [0.25, 0.3) is 11.4 Å². The average molecular weight is 528 g/mol. The summed E-state index contributed by atoms with van der Waals surface area (Å²) >= 11 is 0. The van der Waals surface area contributed by atoms with Gasteiger partial charge >= 0.3 is 0 Å². The summed E-state index contributed by atoms with van der Waals surface area (Å²) in [6.07, 6.45) is 3.20. The van der Waals surface area contributed by atoms with E-state index in [1.165, 1.54) is 9.70 Å². The van der Waals surface area contributed by atoms with Crippen LogP contribution in [0.1, 0.15) is 44.9 Å². The molecule has 0 unspecified atom stereocenters. The molecule has 0 saturated heterocycles. The van der Waals surface area contributed by atoms with Crippen molar-refractivity contribution in [3.05, 3.63) is 84.2 Å². The van der Waals surface area contributed by atoms with Gasteiger partial charge in [0.05, 0.1) is 6.61 Å². The molecular formula is C29H33N7O3. The Bertz CT molecular complexity index is 1400. The molecule has 0 spiro atoms. The molecule has 2 amide bonds. The van der Waals surface area contributed by atoms with Gasteiger partial charge in [-0.3, -0.25) is 19.5 Å². The summed E-state index contributed by atoms with van der Waals surface area (Å²) in [5.41, 5.74) is 2.52. The van der Waals surface area contributed by atoms with Gasteiger partial charge < -0.3 is 10.1 Å². The summed E-state index contributed by atoms with van der Waals surface area (Å²) in [7, 11) is 0. The molecule has 2 aromatic carbocycles. The molecule has 39 heavy (non-hydrogen) atoms. The van der Waals surface area contributed by atoms with Crippen molar-refractivity contribution in [2.45, 2.75) is 52.7 Å². The molecule has 0 radical (unpaired) electrons. The summed E-state index contributed by atoms with van der Waals surface area (Å²) in [6.45, 7) is 9.86. The predicted molar refractivity (Wildman–Crippen MR) is 148 cm³/mol. The van der Waals surface area contributed by atoms with Crippen molar-refractivity contribution in [1.29, 1.82) is 0 Å². The summed E-state index contributed by atoms with van der Waals surface area (Å²) < 4.78 is 5.58. The lowest BCUT2D eigenvalue weighted by Crippen LogP contribution is -2.50. The van der Waals surface area contributed by atoms with E-state index < -0.39 is 17.5 Å². The van der Waals surface area contributed by atoms with Crippen LogP contribution in [0, 0.1) is 6.92 Å². The van der Waals surface area contributed by atoms with Gasteiger partial charge in [0.1, 0.15) is 18.3 Å². The Hall–Kier alpha value is -4.60. The highest BCUT2D eigenvalue weighted by atomic mass is 16.5. The summed E-state index contributed by atoms with van der Waals surface area (Å²) in [5.74, 6) is 0.348. The molecule has 0 bridgehead atoms. The Morgan fingerprint density at radius 1 is 1.00 bits per heavy atom. The zero-order valence-electron chi connectivity index (χ0n) is 22.8. The monoisotopic (exact) mass is 527 g/mol. The fraction of sp³-hybridized carbons (Fsp3) is 0.310. The van der Waals surface area contributed by atoms with E-state index in [9.17, 15) is 9.59 Å². The Morgan fingerprint density at radius 2 is 1.67 bits per heavy atom. The van der Waals surface area contributed by atoms with Gasteiger partial charge in [-0.2, -0.15) is 4.80 Å². The molecule has 202 valence electrons. The summed E-state index contributed by atoms with van der Waals surface area (Å²) in [5, 5.41) is 15.7. The highest BCUT2D eigenvalue weighted by molar-refractivity contribution is 6.01. The molecule has 0 aliphatic heterocycles. The van der Waals surface area contributed by atoms with Crippen molar-refractivity contribution in [2.24, 2.45) is 0 Å². The second-order valence-electron chi connectivity index (χ2n) is 10.1. The highest BCUT2D eigenvalue weighted by Crippen LogP contribution is 2.30. The topological polar surface area (TPSA) is 115 Å². The van der Waals surface area contributed by atoms with E-state index >= 15 is 0 Å². The molecule has 10 nitrogen and oxygen atoms in total. The predicted octanol–water partition coefficient (Wildman–Crippen LogP) is 4.13. The van der Waals surface area contributed by atoms with Crippen LogP contribution in [0.5, 0.6) is 5.75 Å². The first kappa shape index (κ1) is 27.4. The van der Waals surface area contributed by atoms with Gasteiger partial charge in [-0.25, -0.2) is 0 Å². The maximum atomic E-state index is 14.0. The number of ether oxygens (including phenoxy) is 1. The number of hydrogen-bond acceptors (Lipinski definition) is 7. The fourth-order valence-electron chi connectivity index (χ4n) is 4.03. The van der Waals surface area contributed by atoms with Gasteiger partial charge in [-0.05, 0) is 81.8 Å². The molecule has 2 aromatic heterocycles. The number of nitrogens with one attached hydrogen (secondary N) is 1. The fourth-order valence-corrected chi connectivity index (χ4v) is 4.03. The molecule has 1 N–H and O–H groups in total. The van der Waals surface area contributed by atoms with E-state index in [0.717, 1.165) is 11.1 Å². The number of aromatic nitrogens is 5. The van der Waals surface area contributed by atoms with E-state index in [4.69, 9.17) is 4.74 Å². The largest absolute Gasteiger partial charge is 0.494 e. The number of anilines is 1. The number of carbonyl (C=O) groups excluding carboxylic acids is 2. The maximum absolute atomic E-state index is 14.0. The quantitative estimate of drug-likeness (QED) is 0.348. The third-order valence-electron chi connectivity index (χ3n) is 5.76.